The van der Waals surface area contributed by atoms with Crippen molar-refractivity contribution in [3.05, 3.63) is 0 Å². The van der Waals surface area contributed by atoms with Gasteiger partial charge in [-0.15, -0.1) is 0 Å². The van der Waals surface area contributed by atoms with Gasteiger partial charge in [-0.25, -0.2) is 0 Å². The largest absolute Gasteiger partial charge is 2.00 e. The zero-order chi connectivity index (χ0) is 4.69. The minimum Gasteiger partial charge on any atom is -1.00 e. The van der Waals surface area contributed by atoms with Gasteiger partial charge in [0.25, 0.3) is 0 Å². The average molecular weight is 122 g/mol. The number of hydrogen-bond acceptors (Lipinski definition) is 0. The predicted molar refractivity (Wildman–Crippen MR) is 38.0 cm³/mol. The van der Waals surface area contributed by atoms with Crippen LogP contribution in [0.5, 0.6) is 0 Å². The van der Waals surface area contributed by atoms with Crippen LogP contribution in [0.4, 0.5) is 0 Å². The van der Waals surface area contributed by atoms with Crippen LogP contribution in [0.25, 0.3) is 0 Å². The molecule has 2 rings (SSSR count). The van der Waals surface area contributed by atoms with E-state index in [1.165, 1.54) is 11.8 Å². The van der Waals surface area contributed by atoms with Crippen LogP contribution in [0.3, 0.4) is 0 Å². The normalized spacial score (nSPS) is 42.0. The second-order valence-electron chi connectivity index (χ2n) is 3.12. The molecule has 0 unspecified atom stereocenters. The Bertz CT molecular complexity index is 69.7. The molecule has 0 amide bonds. The Hall–Kier alpha value is 0.766. The van der Waals surface area contributed by atoms with Gasteiger partial charge in [0, 0.05) is 0 Å². The molecule has 2 saturated carbocycles. The first kappa shape index (κ1) is 6.88. The summed E-state index contributed by atoms with van der Waals surface area (Å²) in [6, 6.07) is 0. The minimum absolute atomic E-state index is 0. The molecule has 44 valence electrons. The molecule has 0 aromatic carbocycles. The zero-order valence-corrected chi connectivity index (χ0v) is 6.81. The minimum atomic E-state index is 0. The maximum absolute atomic E-state index is 1.58. The van der Waals surface area contributed by atoms with Crippen molar-refractivity contribution in [2.45, 2.75) is 32.1 Å². The maximum Gasteiger partial charge on any atom is 2.00 e. The summed E-state index contributed by atoms with van der Waals surface area (Å²) < 4.78 is 0. The van der Waals surface area contributed by atoms with Crippen molar-refractivity contribution in [1.29, 1.82) is 0 Å². The van der Waals surface area contributed by atoms with Gasteiger partial charge in [0.05, 0.1) is 0 Å². The van der Waals surface area contributed by atoms with Crippen LogP contribution in [0.2, 0.25) is 0 Å². The molecule has 0 radical (unpaired) electrons. The van der Waals surface area contributed by atoms with Crippen molar-refractivity contribution in [3.8, 4) is 0 Å². The van der Waals surface area contributed by atoms with Gasteiger partial charge in [-0.2, -0.15) is 0 Å². The summed E-state index contributed by atoms with van der Waals surface area (Å²) >= 11 is 0. The van der Waals surface area contributed by atoms with Gasteiger partial charge in [0.15, 0.2) is 0 Å². The third kappa shape index (κ3) is 1.03. The molecule has 0 aromatic rings. The molecule has 0 nitrogen and oxygen atoms in total. The first-order valence-electron chi connectivity index (χ1n) is 3.45. The molecule has 1 heteroatoms. The smallest absolute Gasteiger partial charge is 1.00 e. The molecule has 0 heterocycles. The van der Waals surface area contributed by atoms with E-state index in [9.17, 15) is 0 Å². The van der Waals surface area contributed by atoms with E-state index >= 15 is 0 Å². The van der Waals surface area contributed by atoms with Crippen LogP contribution in [-0.2, 0) is 0 Å². The van der Waals surface area contributed by atoms with Crippen LogP contribution in [0.15, 0.2) is 0 Å². The fourth-order valence-electron chi connectivity index (χ4n) is 2.17. The van der Waals surface area contributed by atoms with Crippen LogP contribution < -0.4 is 0 Å². The van der Waals surface area contributed by atoms with Gasteiger partial charge >= 0.3 is 23.1 Å². The predicted octanol–water partition coefficient (Wildman–Crippen LogP) is 2.04. The molecule has 2 aliphatic rings. The fraction of sp³-hybridized carbons (Fsp3) is 1.00. The zero-order valence-electron chi connectivity index (χ0n) is 7.40. The summed E-state index contributed by atoms with van der Waals surface area (Å²) in [5.74, 6) is 2.34. The van der Waals surface area contributed by atoms with Crippen molar-refractivity contribution in [1.82, 2.24) is 0 Å². The number of fused-ring (bicyclic) bond motifs is 2. The van der Waals surface area contributed by atoms with Gasteiger partial charge in [-0.05, 0) is 18.3 Å². The van der Waals surface area contributed by atoms with E-state index in [0.29, 0.717) is 0 Å². The van der Waals surface area contributed by atoms with E-state index in [0.717, 1.165) is 0 Å². The molecule has 0 spiro atoms. The maximum atomic E-state index is 1.58. The van der Waals surface area contributed by atoms with E-state index in [2.05, 4.69) is 0 Å². The van der Waals surface area contributed by atoms with E-state index in [1.54, 1.807) is 32.1 Å². The van der Waals surface area contributed by atoms with Crippen LogP contribution >= 0.6 is 0 Å². The van der Waals surface area contributed by atoms with E-state index in [-0.39, 0.29) is 25.9 Å². The fourth-order valence-corrected chi connectivity index (χ4v) is 2.17. The molecule has 2 aliphatic carbocycles. The molecule has 0 atom stereocenters. The van der Waals surface area contributed by atoms with Crippen LogP contribution in [0.1, 0.15) is 35.0 Å². The molecular weight excluding hydrogens is 108 g/mol. The van der Waals surface area contributed by atoms with Crippen molar-refractivity contribution in [2.75, 3.05) is 0 Å². The summed E-state index contributed by atoms with van der Waals surface area (Å²) in [5.41, 5.74) is 0. The molecule has 0 aromatic heterocycles. The monoisotopic (exact) mass is 122 g/mol. The van der Waals surface area contributed by atoms with E-state index in [4.69, 9.17) is 0 Å². The first-order chi connectivity index (χ1) is 3.45. The van der Waals surface area contributed by atoms with Crippen molar-refractivity contribution in [3.63, 3.8) is 0 Å². The van der Waals surface area contributed by atoms with E-state index < -0.39 is 0 Å². The third-order valence-electron chi connectivity index (χ3n) is 2.63. The van der Waals surface area contributed by atoms with Gasteiger partial charge < -0.3 is 2.85 Å². The summed E-state index contributed by atoms with van der Waals surface area (Å²) in [7, 11) is 0. The number of rotatable bonds is 0. The van der Waals surface area contributed by atoms with Crippen LogP contribution in [0, 0.1) is 11.8 Å². The van der Waals surface area contributed by atoms with E-state index in [1.807, 2.05) is 0 Å². The van der Waals surface area contributed by atoms with Gasteiger partial charge in [-0.1, -0.05) is 25.7 Å². The standard InChI is InChI=1S/C7H12.Mg.2H/c1-2-7-4-3-6(1)5-7;;;/h6-7H,1-5H2;;;/q;+2;2*-1. The third-order valence-corrected chi connectivity index (χ3v) is 2.63. The molecule has 0 N–H and O–H groups in total. The van der Waals surface area contributed by atoms with Crippen molar-refractivity contribution >= 4 is 23.1 Å². The Morgan fingerprint density at radius 1 is 0.875 bits per heavy atom. The molecule has 2 fully saturated rings. The van der Waals surface area contributed by atoms with Crippen molar-refractivity contribution < 1.29 is 2.85 Å². The Kier molecular flexibility index (Phi) is 2.21. The first-order valence-corrected chi connectivity index (χ1v) is 3.45. The Morgan fingerprint density at radius 2 is 1.25 bits per heavy atom. The average Bonchev–Trinajstić information content (AvgIpc) is 2.22. The van der Waals surface area contributed by atoms with Gasteiger partial charge in [0.1, 0.15) is 0 Å². The molecule has 8 heavy (non-hydrogen) atoms. The Labute approximate surface area is 70.2 Å². The van der Waals surface area contributed by atoms with Gasteiger partial charge in [0.2, 0.25) is 0 Å². The second-order valence-corrected chi connectivity index (χ2v) is 3.12. The summed E-state index contributed by atoms with van der Waals surface area (Å²) in [5, 5.41) is 0. The summed E-state index contributed by atoms with van der Waals surface area (Å²) in [4.78, 5) is 0. The topological polar surface area (TPSA) is 0 Å². The molecule has 0 aliphatic heterocycles. The molecule has 2 bridgehead atoms. The van der Waals surface area contributed by atoms with Gasteiger partial charge in [-0.3, -0.25) is 0 Å². The Morgan fingerprint density at radius 3 is 1.38 bits per heavy atom. The van der Waals surface area contributed by atoms with Crippen molar-refractivity contribution in [2.24, 2.45) is 11.8 Å². The molecule has 0 saturated heterocycles. The second kappa shape index (κ2) is 2.57. The van der Waals surface area contributed by atoms with Crippen LogP contribution in [-0.4, -0.2) is 23.1 Å². The SMILES string of the molecule is C1CC2CCC1C2.[H-].[H-].[Mg+2]. The quantitative estimate of drug-likeness (QED) is 0.432. The summed E-state index contributed by atoms with van der Waals surface area (Å²) in [6.07, 6.45) is 7.82. The number of hydrogen-bond donors (Lipinski definition) is 0. The molecular formula is C7H14Mg. The Balaban J connectivity index is 0. The summed E-state index contributed by atoms with van der Waals surface area (Å²) in [6.45, 7) is 0.